The Morgan fingerprint density at radius 1 is 1.34 bits per heavy atom. The molecule has 0 fully saturated rings. The van der Waals surface area contributed by atoms with Gasteiger partial charge in [-0.2, -0.15) is 19.3 Å². The first-order valence-corrected chi connectivity index (χ1v) is 9.43. The Morgan fingerprint density at radius 2 is 2.06 bits per heavy atom. The maximum atomic E-state index is 12.3. The molecule has 0 unspecified atom stereocenters. The van der Waals surface area contributed by atoms with Crippen molar-refractivity contribution < 1.29 is 13.5 Å². The molecule has 3 heterocycles. The number of pyridine rings is 2. The van der Waals surface area contributed by atoms with Gasteiger partial charge in [0.05, 0.1) is 27.3 Å². The summed E-state index contributed by atoms with van der Waals surface area (Å²) in [7, 11) is 24.1. The number of hydrogen-bond acceptors (Lipinski definition) is 7. The first-order valence-electron chi connectivity index (χ1n) is 9.05. The molecule has 0 spiro atoms. The number of ether oxygens (including phenoxy) is 1. The van der Waals surface area contributed by atoms with Crippen molar-refractivity contribution in [1.29, 1.82) is 10.5 Å². The number of anilines is 1. The van der Waals surface area contributed by atoms with E-state index in [1.54, 1.807) is 12.1 Å². The van der Waals surface area contributed by atoms with E-state index in [1.165, 1.54) is 12.3 Å². The molecular formula is C18H11B4ClF2N6O. The third-order valence-corrected chi connectivity index (χ3v) is 4.90. The van der Waals surface area contributed by atoms with Crippen LogP contribution < -0.4 is 10.1 Å². The predicted octanol–water partition coefficient (Wildman–Crippen LogP) is 1.03. The lowest BCUT2D eigenvalue weighted by molar-refractivity contribution is -0.0528. The van der Waals surface area contributed by atoms with Gasteiger partial charge in [0, 0.05) is 36.3 Å². The van der Waals surface area contributed by atoms with Gasteiger partial charge in [-0.1, -0.05) is 22.9 Å². The summed E-state index contributed by atoms with van der Waals surface area (Å²) in [5.74, 6) is -0.165. The second kappa shape index (κ2) is 9.01. The Hall–Kier alpha value is -2.75. The Balaban J connectivity index is 1.97. The fraction of sp³-hybridized carbons (Fsp3) is 0.333. The number of aromatic nitrogens is 2. The van der Waals surface area contributed by atoms with E-state index >= 15 is 0 Å². The summed E-state index contributed by atoms with van der Waals surface area (Å²) < 4.78 is 28.9. The summed E-state index contributed by atoms with van der Waals surface area (Å²) in [6, 6.07) is 6.51. The fourth-order valence-electron chi connectivity index (χ4n) is 3.45. The molecule has 0 aromatic carbocycles. The zero-order valence-electron chi connectivity index (χ0n) is 16.5. The molecule has 152 valence electrons. The Bertz CT molecular complexity index is 1100. The molecule has 7 nitrogen and oxygen atoms in total. The van der Waals surface area contributed by atoms with Gasteiger partial charge in [0.1, 0.15) is 32.7 Å². The van der Waals surface area contributed by atoms with Crippen molar-refractivity contribution in [2.24, 2.45) is 0 Å². The van der Waals surface area contributed by atoms with Crippen LogP contribution in [0.25, 0.3) is 0 Å². The minimum absolute atomic E-state index is 0.00337. The Morgan fingerprint density at radius 3 is 2.62 bits per heavy atom. The topological polar surface area (TPSA) is 97.9 Å². The quantitative estimate of drug-likeness (QED) is 0.526. The number of alkyl halides is 2. The van der Waals surface area contributed by atoms with Gasteiger partial charge < -0.3 is 10.1 Å². The molecular weight excluding hydrogens is 433 g/mol. The Kier molecular flexibility index (Phi) is 6.73. The molecule has 0 saturated heterocycles. The smallest absolute Gasteiger partial charge is 0.388 e. The highest BCUT2D eigenvalue weighted by atomic mass is 35.5. The van der Waals surface area contributed by atoms with Gasteiger partial charge >= 0.3 is 6.61 Å². The summed E-state index contributed by atoms with van der Waals surface area (Å²) in [6.07, 6.45) is 1.38. The average molecular weight is 444 g/mol. The molecule has 0 aliphatic carbocycles. The van der Waals surface area contributed by atoms with Gasteiger partial charge in [-0.05, 0) is 17.7 Å². The second-order valence-corrected chi connectivity index (χ2v) is 7.62. The largest absolute Gasteiger partial charge is 0.417 e. The zero-order chi connectivity index (χ0) is 23.7. The lowest BCUT2D eigenvalue weighted by Gasteiger charge is -2.42. The number of rotatable bonds is 6. The number of nitrogens with one attached hydrogen (secondary N) is 1. The molecule has 1 N–H and O–H groups in total. The molecule has 8 radical (unpaired) electrons. The number of nitriles is 2. The van der Waals surface area contributed by atoms with E-state index in [9.17, 15) is 14.0 Å². The van der Waals surface area contributed by atoms with Crippen molar-refractivity contribution in [2.45, 2.75) is 30.3 Å². The summed E-state index contributed by atoms with van der Waals surface area (Å²) in [5, 5.41) is 17.6. The van der Waals surface area contributed by atoms with Gasteiger partial charge in [0.15, 0.2) is 0 Å². The van der Waals surface area contributed by atoms with E-state index in [0.717, 1.165) is 0 Å². The molecule has 0 saturated carbocycles. The third-order valence-electron chi connectivity index (χ3n) is 4.62. The van der Waals surface area contributed by atoms with Crippen LogP contribution in [0.15, 0.2) is 18.3 Å². The summed E-state index contributed by atoms with van der Waals surface area (Å²) in [5.41, 5.74) is 1.31. The molecule has 0 amide bonds. The van der Waals surface area contributed by atoms with Crippen LogP contribution in [0, 0.1) is 22.7 Å². The van der Waals surface area contributed by atoms with E-state index in [2.05, 4.69) is 20.0 Å². The molecule has 1 aliphatic heterocycles. The van der Waals surface area contributed by atoms with Gasteiger partial charge in [-0.3, -0.25) is 4.90 Å². The summed E-state index contributed by atoms with van der Waals surface area (Å²) >= 11 is 6.15. The number of nitrogens with zero attached hydrogens (tertiary/aromatic N) is 5. The molecule has 14 heteroatoms. The zero-order valence-corrected chi connectivity index (χ0v) is 17.3. The fourth-order valence-corrected chi connectivity index (χ4v) is 3.68. The molecule has 2 aromatic heterocycles. The van der Waals surface area contributed by atoms with Crippen LogP contribution in [0.4, 0.5) is 14.6 Å². The summed E-state index contributed by atoms with van der Waals surface area (Å²) in [4.78, 5) is 9.77. The van der Waals surface area contributed by atoms with E-state index in [-0.39, 0.29) is 47.6 Å². The molecule has 32 heavy (non-hydrogen) atoms. The number of fused-ring (bicyclic) bond motifs is 1. The third kappa shape index (κ3) is 5.17. The van der Waals surface area contributed by atoms with Crippen LogP contribution in [-0.2, 0) is 18.3 Å². The van der Waals surface area contributed by atoms with Crippen molar-refractivity contribution in [3.63, 3.8) is 0 Å². The SMILES string of the molecule is [B]C([B])(C#N)Nc1nc(Cl)c(C#N)c2c1CN(Cc1ccc(OC(F)F)nc1)CC2([B])[B]. The normalized spacial score (nSPS) is 15.4. The van der Waals surface area contributed by atoms with Crippen molar-refractivity contribution in [2.75, 3.05) is 11.9 Å². The van der Waals surface area contributed by atoms with Crippen molar-refractivity contribution in [3.05, 3.63) is 45.7 Å². The van der Waals surface area contributed by atoms with Crippen molar-refractivity contribution >= 4 is 48.8 Å². The monoisotopic (exact) mass is 444 g/mol. The van der Waals surface area contributed by atoms with Crippen LogP contribution >= 0.6 is 11.6 Å². The average Bonchev–Trinajstić information content (AvgIpc) is 2.69. The summed E-state index contributed by atoms with van der Waals surface area (Å²) in [6.45, 7) is -2.41. The second-order valence-electron chi connectivity index (χ2n) is 7.27. The highest BCUT2D eigenvalue weighted by Crippen LogP contribution is 2.39. The van der Waals surface area contributed by atoms with Gasteiger partial charge in [-0.25, -0.2) is 9.97 Å². The number of halogens is 3. The van der Waals surface area contributed by atoms with E-state index in [0.29, 0.717) is 11.1 Å². The van der Waals surface area contributed by atoms with Crippen LogP contribution in [0.2, 0.25) is 5.15 Å². The van der Waals surface area contributed by atoms with Crippen LogP contribution in [-0.4, -0.2) is 64.7 Å². The van der Waals surface area contributed by atoms with Crippen molar-refractivity contribution in [1.82, 2.24) is 14.9 Å². The van der Waals surface area contributed by atoms with E-state index in [1.807, 2.05) is 11.0 Å². The van der Waals surface area contributed by atoms with Gasteiger partial charge in [-0.15, -0.1) is 0 Å². The molecule has 0 atom stereocenters. The first-order chi connectivity index (χ1) is 15.0. The van der Waals surface area contributed by atoms with Crippen LogP contribution in [0.1, 0.15) is 22.3 Å². The molecule has 3 rings (SSSR count). The molecule has 0 bridgehead atoms. The minimum atomic E-state index is -2.98. The van der Waals surface area contributed by atoms with Crippen LogP contribution in [0.3, 0.4) is 0 Å². The van der Waals surface area contributed by atoms with Gasteiger partial charge in [0.25, 0.3) is 0 Å². The predicted molar refractivity (Wildman–Crippen MR) is 116 cm³/mol. The molecule has 2 aromatic rings. The lowest BCUT2D eigenvalue weighted by Crippen LogP contribution is -2.48. The Labute approximate surface area is 193 Å². The standard InChI is InChI=1S/C18H11B4ClF2N6O/c19-17(20)8-31(5-9-1-2-12(28-4-9)32-16(24)25)6-11-13(17)10(3-26)14(23)29-15(11)30-18(21,22)7-27/h1-2,4,16H,5-6,8H2,(H,29,30). The maximum Gasteiger partial charge on any atom is 0.388 e. The first kappa shape index (κ1) is 23.9. The van der Waals surface area contributed by atoms with Gasteiger partial charge in [0.2, 0.25) is 5.88 Å². The number of hydrogen-bond donors (Lipinski definition) is 1. The molecule has 1 aliphatic rings. The highest BCUT2D eigenvalue weighted by molar-refractivity contribution is 6.44. The lowest BCUT2D eigenvalue weighted by atomic mass is 9.48. The highest BCUT2D eigenvalue weighted by Gasteiger charge is 2.37. The van der Waals surface area contributed by atoms with Crippen LogP contribution in [0.5, 0.6) is 5.88 Å². The van der Waals surface area contributed by atoms with E-state index in [4.69, 9.17) is 48.2 Å². The minimum Gasteiger partial charge on any atom is -0.417 e. The van der Waals surface area contributed by atoms with E-state index < -0.39 is 17.2 Å². The van der Waals surface area contributed by atoms with Crippen molar-refractivity contribution in [3.8, 4) is 18.0 Å². The maximum absolute atomic E-state index is 12.3.